The first-order valence-corrected chi connectivity index (χ1v) is 6.24. The van der Waals surface area contributed by atoms with Crippen LogP contribution in [0.5, 0.6) is 0 Å². The molecule has 94 valence electrons. The van der Waals surface area contributed by atoms with Crippen molar-refractivity contribution in [3.05, 3.63) is 59.7 Å². The minimum Gasteiger partial charge on any atom is -0.478 e. The summed E-state index contributed by atoms with van der Waals surface area (Å²) < 4.78 is 0. The van der Waals surface area contributed by atoms with Crippen LogP contribution in [0.1, 0.15) is 31.2 Å². The van der Waals surface area contributed by atoms with Gasteiger partial charge >= 0.3 is 5.97 Å². The molecule has 2 atom stereocenters. The number of carboxylic acid groups (broad SMARTS) is 1. The zero-order chi connectivity index (χ0) is 13.1. The van der Waals surface area contributed by atoms with Crippen molar-refractivity contribution in [3.8, 4) is 0 Å². The zero-order valence-corrected chi connectivity index (χ0v) is 10.6. The summed E-state index contributed by atoms with van der Waals surface area (Å²) in [5, 5.41) is 9.14. The molecular formula is C16H18O2. The van der Waals surface area contributed by atoms with E-state index in [9.17, 15) is 4.79 Å². The molecule has 0 spiro atoms. The van der Waals surface area contributed by atoms with Crippen LogP contribution in [0.15, 0.2) is 54.1 Å². The van der Waals surface area contributed by atoms with Gasteiger partial charge in [-0.3, -0.25) is 0 Å². The molecule has 2 rings (SSSR count). The summed E-state index contributed by atoms with van der Waals surface area (Å²) >= 11 is 0. The third-order valence-electron chi connectivity index (χ3n) is 3.63. The fourth-order valence-electron chi connectivity index (χ4n) is 2.64. The molecule has 0 saturated carbocycles. The standard InChI is InChI=1S/C16H18O2/c1-11(2)14-9-8-13(16(17)18)10-15(14)12-6-4-3-5-7-12/h3-7,10,14-15H,1,8-9H2,2H3,(H,17,18). The third-order valence-corrected chi connectivity index (χ3v) is 3.63. The van der Waals surface area contributed by atoms with Crippen LogP contribution in [-0.2, 0) is 4.79 Å². The van der Waals surface area contributed by atoms with Crippen LogP contribution in [0, 0.1) is 5.92 Å². The molecule has 1 aromatic rings. The van der Waals surface area contributed by atoms with E-state index in [0.29, 0.717) is 17.9 Å². The summed E-state index contributed by atoms with van der Waals surface area (Å²) in [7, 11) is 0. The van der Waals surface area contributed by atoms with Gasteiger partial charge in [0.15, 0.2) is 0 Å². The lowest BCUT2D eigenvalue weighted by atomic mass is 9.74. The zero-order valence-electron chi connectivity index (χ0n) is 10.6. The van der Waals surface area contributed by atoms with Crippen molar-refractivity contribution in [3.63, 3.8) is 0 Å². The van der Waals surface area contributed by atoms with E-state index in [0.717, 1.165) is 12.0 Å². The second-order valence-electron chi connectivity index (χ2n) is 4.93. The lowest BCUT2D eigenvalue weighted by molar-refractivity contribution is -0.132. The fourth-order valence-corrected chi connectivity index (χ4v) is 2.64. The largest absolute Gasteiger partial charge is 0.478 e. The number of benzene rings is 1. The topological polar surface area (TPSA) is 37.3 Å². The monoisotopic (exact) mass is 242 g/mol. The number of allylic oxidation sites excluding steroid dienone is 2. The number of aliphatic carboxylic acids is 1. The molecule has 0 heterocycles. The molecule has 1 N–H and O–H groups in total. The number of rotatable bonds is 3. The van der Waals surface area contributed by atoms with E-state index in [1.165, 1.54) is 5.56 Å². The maximum atomic E-state index is 11.1. The van der Waals surface area contributed by atoms with Crippen molar-refractivity contribution >= 4 is 5.97 Å². The highest BCUT2D eigenvalue weighted by Crippen LogP contribution is 2.39. The molecule has 2 heteroatoms. The van der Waals surface area contributed by atoms with Gasteiger partial charge in [-0.25, -0.2) is 4.79 Å². The normalized spacial score (nSPS) is 23.3. The van der Waals surface area contributed by atoms with Crippen LogP contribution in [0.3, 0.4) is 0 Å². The molecule has 0 bridgehead atoms. The van der Waals surface area contributed by atoms with E-state index in [1.807, 2.05) is 31.2 Å². The van der Waals surface area contributed by atoms with E-state index in [1.54, 1.807) is 0 Å². The summed E-state index contributed by atoms with van der Waals surface area (Å²) in [4.78, 5) is 11.1. The second-order valence-corrected chi connectivity index (χ2v) is 4.93. The highest BCUT2D eigenvalue weighted by atomic mass is 16.4. The first-order chi connectivity index (χ1) is 8.59. The smallest absolute Gasteiger partial charge is 0.331 e. The van der Waals surface area contributed by atoms with Gasteiger partial charge in [-0.05, 0) is 31.2 Å². The number of hydrogen-bond acceptors (Lipinski definition) is 1. The molecule has 2 nitrogen and oxygen atoms in total. The Balaban J connectivity index is 2.39. The van der Waals surface area contributed by atoms with Gasteiger partial charge in [0.1, 0.15) is 0 Å². The van der Waals surface area contributed by atoms with Crippen molar-refractivity contribution in [1.82, 2.24) is 0 Å². The van der Waals surface area contributed by atoms with Gasteiger partial charge < -0.3 is 5.11 Å². The first-order valence-electron chi connectivity index (χ1n) is 6.24. The third kappa shape index (κ3) is 2.53. The molecular weight excluding hydrogens is 224 g/mol. The first kappa shape index (κ1) is 12.6. The van der Waals surface area contributed by atoms with E-state index >= 15 is 0 Å². The van der Waals surface area contributed by atoms with Crippen LogP contribution in [0.2, 0.25) is 0 Å². The lowest BCUT2D eigenvalue weighted by Gasteiger charge is -2.30. The van der Waals surface area contributed by atoms with Crippen molar-refractivity contribution in [2.75, 3.05) is 0 Å². The van der Waals surface area contributed by atoms with Gasteiger partial charge in [0.2, 0.25) is 0 Å². The summed E-state index contributed by atoms with van der Waals surface area (Å²) in [6.07, 6.45) is 3.41. The molecule has 0 saturated heterocycles. The van der Waals surface area contributed by atoms with Crippen LogP contribution >= 0.6 is 0 Å². The Hall–Kier alpha value is -1.83. The van der Waals surface area contributed by atoms with Crippen molar-refractivity contribution in [1.29, 1.82) is 0 Å². The molecule has 0 aromatic heterocycles. The number of carbonyl (C=O) groups is 1. The van der Waals surface area contributed by atoms with Gasteiger partial charge in [-0.2, -0.15) is 0 Å². The predicted molar refractivity (Wildman–Crippen MR) is 72.4 cm³/mol. The average Bonchev–Trinajstić information content (AvgIpc) is 2.39. The molecule has 0 radical (unpaired) electrons. The highest BCUT2D eigenvalue weighted by molar-refractivity contribution is 5.87. The Morgan fingerprint density at radius 3 is 2.56 bits per heavy atom. The molecule has 0 fully saturated rings. The Kier molecular flexibility index (Phi) is 3.66. The van der Waals surface area contributed by atoms with Crippen LogP contribution in [0.4, 0.5) is 0 Å². The Labute approximate surface area is 108 Å². The highest BCUT2D eigenvalue weighted by Gasteiger charge is 2.28. The Bertz CT molecular complexity index is 485. The van der Waals surface area contributed by atoms with Gasteiger partial charge in [0, 0.05) is 11.5 Å². The summed E-state index contributed by atoms with van der Waals surface area (Å²) in [5.74, 6) is -0.310. The van der Waals surface area contributed by atoms with Gasteiger partial charge in [0.05, 0.1) is 0 Å². The molecule has 2 unspecified atom stereocenters. The molecule has 18 heavy (non-hydrogen) atoms. The second kappa shape index (κ2) is 5.21. The molecule has 0 aliphatic heterocycles. The van der Waals surface area contributed by atoms with Gasteiger partial charge in [-0.15, -0.1) is 0 Å². The van der Waals surface area contributed by atoms with E-state index in [-0.39, 0.29) is 5.92 Å². The van der Waals surface area contributed by atoms with Crippen LogP contribution in [-0.4, -0.2) is 11.1 Å². The molecule has 0 amide bonds. The van der Waals surface area contributed by atoms with Crippen molar-refractivity contribution in [2.24, 2.45) is 5.92 Å². The van der Waals surface area contributed by atoms with E-state index in [4.69, 9.17) is 5.11 Å². The summed E-state index contributed by atoms with van der Waals surface area (Å²) in [5.41, 5.74) is 2.83. The van der Waals surface area contributed by atoms with Crippen LogP contribution < -0.4 is 0 Å². The van der Waals surface area contributed by atoms with Crippen molar-refractivity contribution in [2.45, 2.75) is 25.7 Å². The lowest BCUT2D eigenvalue weighted by Crippen LogP contribution is -2.19. The molecule has 1 aliphatic carbocycles. The maximum absolute atomic E-state index is 11.1. The minimum atomic E-state index is -0.795. The van der Waals surface area contributed by atoms with Gasteiger partial charge in [0.25, 0.3) is 0 Å². The number of hydrogen-bond donors (Lipinski definition) is 1. The van der Waals surface area contributed by atoms with Crippen molar-refractivity contribution < 1.29 is 9.90 Å². The van der Waals surface area contributed by atoms with Crippen LogP contribution in [0.25, 0.3) is 0 Å². The Morgan fingerprint density at radius 1 is 1.33 bits per heavy atom. The summed E-state index contributed by atoms with van der Waals surface area (Å²) in [6, 6.07) is 10.1. The van der Waals surface area contributed by atoms with Gasteiger partial charge in [-0.1, -0.05) is 48.6 Å². The fraction of sp³-hybridized carbons (Fsp3) is 0.312. The Morgan fingerprint density at radius 2 is 2.00 bits per heavy atom. The average molecular weight is 242 g/mol. The van der Waals surface area contributed by atoms with E-state index in [2.05, 4.69) is 18.7 Å². The molecule has 1 aromatic carbocycles. The van der Waals surface area contributed by atoms with E-state index < -0.39 is 5.97 Å². The summed E-state index contributed by atoms with van der Waals surface area (Å²) in [6.45, 7) is 6.08. The SMILES string of the molecule is C=C(C)C1CCC(C(=O)O)=CC1c1ccccc1. The predicted octanol–water partition coefficient (Wildman–Crippen LogP) is 3.77. The number of carboxylic acids is 1. The molecule has 1 aliphatic rings. The quantitative estimate of drug-likeness (QED) is 0.819. The minimum absolute atomic E-state index is 0.142. The maximum Gasteiger partial charge on any atom is 0.331 e.